The highest BCUT2D eigenvalue weighted by Crippen LogP contribution is 2.31. The second-order valence-electron chi connectivity index (χ2n) is 9.72. The van der Waals surface area contributed by atoms with Gasteiger partial charge in [-0.2, -0.15) is 0 Å². The number of amides is 2. The van der Waals surface area contributed by atoms with Crippen molar-refractivity contribution in [3.63, 3.8) is 0 Å². The van der Waals surface area contributed by atoms with Crippen LogP contribution in [0.15, 0.2) is 72.8 Å². The number of carbonyl (C=O) groups excluding carboxylic acids is 2. The normalized spacial score (nSPS) is 11.9. The molecule has 0 spiro atoms. The molecule has 8 heteroatoms. The zero-order valence-corrected chi connectivity index (χ0v) is 22.4. The van der Waals surface area contributed by atoms with Crippen molar-refractivity contribution in [2.24, 2.45) is 5.92 Å². The van der Waals surface area contributed by atoms with Crippen LogP contribution < -0.4 is 15.0 Å². The molecule has 0 bridgehead atoms. The van der Waals surface area contributed by atoms with Crippen LogP contribution in [0.4, 0.5) is 5.69 Å². The van der Waals surface area contributed by atoms with Gasteiger partial charge in [0.25, 0.3) is 0 Å². The highest BCUT2D eigenvalue weighted by Gasteiger charge is 2.33. The molecule has 2 amide bonds. The Morgan fingerprint density at radius 2 is 1.79 bits per heavy atom. The molecule has 8 nitrogen and oxygen atoms in total. The number of nitrogens with one attached hydrogen (secondary N) is 1. The lowest BCUT2D eigenvalue weighted by Crippen LogP contribution is -2.45. The van der Waals surface area contributed by atoms with Crippen molar-refractivity contribution in [3.05, 3.63) is 83.9 Å². The second kappa shape index (κ2) is 12.4. The van der Waals surface area contributed by atoms with Crippen LogP contribution in [0.5, 0.6) is 5.75 Å². The molecular weight excluding hydrogens is 478 g/mol. The van der Waals surface area contributed by atoms with Crippen LogP contribution in [0.3, 0.4) is 0 Å². The van der Waals surface area contributed by atoms with E-state index < -0.39 is 6.04 Å². The van der Waals surface area contributed by atoms with E-state index in [1.165, 1.54) is 0 Å². The number of rotatable bonds is 11. The molecule has 0 saturated carbocycles. The number of aromatic nitrogens is 3. The van der Waals surface area contributed by atoms with Gasteiger partial charge in [-0.05, 0) is 56.0 Å². The van der Waals surface area contributed by atoms with E-state index in [-0.39, 0.29) is 18.4 Å². The smallest absolute Gasteiger partial charge is 0.249 e. The Labute approximate surface area is 223 Å². The fourth-order valence-corrected chi connectivity index (χ4v) is 4.31. The molecule has 0 aliphatic heterocycles. The SMILES string of the molecule is CCOc1cccc(N(C(=O)Cn2nnc3ccccc32)[C@H](C(=O)NCCC(C)C)c2ccc(C)cc2)c1. The van der Waals surface area contributed by atoms with E-state index in [0.717, 1.165) is 23.1 Å². The Morgan fingerprint density at radius 3 is 2.53 bits per heavy atom. The van der Waals surface area contributed by atoms with Gasteiger partial charge in [0.15, 0.2) is 0 Å². The molecule has 4 aromatic rings. The van der Waals surface area contributed by atoms with Crippen molar-refractivity contribution in [3.8, 4) is 5.75 Å². The van der Waals surface area contributed by atoms with Gasteiger partial charge < -0.3 is 10.1 Å². The van der Waals surface area contributed by atoms with Gasteiger partial charge in [-0.25, -0.2) is 4.68 Å². The van der Waals surface area contributed by atoms with Gasteiger partial charge in [-0.3, -0.25) is 14.5 Å². The highest BCUT2D eigenvalue weighted by atomic mass is 16.5. The molecule has 1 atom stereocenters. The van der Waals surface area contributed by atoms with Gasteiger partial charge in [0.1, 0.15) is 23.9 Å². The second-order valence-corrected chi connectivity index (χ2v) is 9.72. The first-order chi connectivity index (χ1) is 18.4. The van der Waals surface area contributed by atoms with E-state index in [9.17, 15) is 9.59 Å². The summed E-state index contributed by atoms with van der Waals surface area (Å²) in [5.74, 6) is 0.526. The van der Waals surface area contributed by atoms with E-state index in [2.05, 4.69) is 29.5 Å². The topological polar surface area (TPSA) is 89.3 Å². The number of hydrogen-bond acceptors (Lipinski definition) is 5. The first-order valence-electron chi connectivity index (χ1n) is 13.0. The van der Waals surface area contributed by atoms with E-state index in [0.29, 0.717) is 36.0 Å². The summed E-state index contributed by atoms with van der Waals surface area (Å²) < 4.78 is 7.30. The molecule has 198 valence electrons. The molecule has 3 aromatic carbocycles. The Hall–Kier alpha value is -4.20. The Balaban J connectivity index is 1.78. The summed E-state index contributed by atoms with van der Waals surface area (Å²) in [4.78, 5) is 29.4. The molecule has 0 aliphatic rings. The molecular formula is C30H35N5O3. The number of carbonyl (C=O) groups is 2. The summed E-state index contributed by atoms with van der Waals surface area (Å²) in [7, 11) is 0. The largest absolute Gasteiger partial charge is 0.494 e. The number of aryl methyl sites for hydroxylation is 1. The lowest BCUT2D eigenvalue weighted by molar-refractivity contribution is -0.127. The third kappa shape index (κ3) is 6.37. The van der Waals surface area contributed by atoms with Crippen molar-refractivity contribution in [1.29, 1.82) is 0 Å². The molecule has 0 fully saturated rings. The first kappa shape index (κ1) is 26.9. The maximum Gasteiger partial charge on any atom is 0.249 e. The van der Waals surface area contributed by atoms with Crippen LogP contribution in [0.25, 0.3) is 11.0 Å². The summed E-state index contributed by atoms with van der Waals surface area (Å²) >= 11 is 0. The maximum atomic E-state index is 14.1. The Bertz CT molecular complexity index is 1380. The van der Waals surface area contributed by atoms with Crippen LogP contribution in [-0.4, -0.2) is 40.0 Å². The molecule has 38 heavy (non-hydrogen) atoms. The number of nitrogens with zero attached hydrogens (tertiary/aromatic N) is 4. The molecule has 0 aliphatic carbocycles. The van der Waals surface area contributed by atoms with Crippen LogP contribution in [-0.2, 0) is 16.1 Å². The van der Waals surface area contributed by atoms with Gasteiger partial charge in [-0.1, -0.05) is 67.1 Å². The minimum absolute atomic E-state index is 0.0823. The van der Waals surface area contributed by atoms with E-state index in [1.807, 2.05) is 80.6 Å². The first-order valence-corrected chi connectivity index (χ1v) is 13.0. The average molecular weight is 514 g/mol. The van der Waals surface area contributed by atoms with Crippen molar-refractivity contribution >= 4 is 28.5 Å². The van der Waals surface area contributed by atoms with Crippen LogP contribution in [0, 0.1) is 12.8 Å². The minimum atomic E-state index is -0.887. The predicted molar refractivity (Wildman–Crippen MR) is 149 cm³/mol. The van der Waals surface area contributed by atoms with Gasteiger partial charge in [-0.15, -0.1) is 5.10 Å². The summed E-state index contributed by atoms with van der Waals surface area (Å²) in [5, 5.41) is 11.5. The standard InChI is InChI=1S/C30H35N5O3/c1-5-38-25-10-8-9-24(19-25)35(28(36)20-34-27-12-7-6-11-26(27)32-33-34)29(23-15-13-22(4)14-16-23)30(37)31-18-17-21(2)3/h6-16,19,21,29H,5,17-18,20H2,1-4H3,(H,31,37)/t29-/m0/s1. The summed E-state index contributed by atoms with van der Waals surface area (Å²) in [6.45, 7) is 9.05. The third-order valence-corrected chi connectivity index (χ3v) is 6.30. The molecule has 0 saturated heterocycles. The maximum absolute atomic E-state index is 14.1. The zero-order chi connectivity index (χ0) is 27.1. The summed E-state index contributed by atoms with van der Waals surface area (Å²) in [6, 6.07) is 21.6. The number of ether oxygens (including phenoxy) is 1. The van der Waals surface area contributed by atoms with Crippen LogP contribution in [0.2, 0.25) is 0 Å². The van der Waals surface area contributed by atoms with Gasteiger partial charge in [0.2, 0.25) is 11.8 Å². The summed E-state index contributed by atoms with van der Waals surface area (Å²) in [5.41, 5.74) is 3.80. The quantitative estimate of drug-likeness (QED) is 0.302. The number of hydrogen-bond donors (Lipinski definition) is 1. The zero-order valence-electron chi connectivity index (χ0n) is 22.4. The van der Waals surface area contributed by atoms with Gasteiger partial charge >= 0.3 is 0 Å². The monoisotopic (exact) mass is 513 g/mol. The minimum Gasteiger partial charge on any atom is -0.494 e. The predicted octanol–water partition coefficient (Wildman–Crippen LogP) is 5.08. The lowest BCUT2D eigenvalue weighted by atomic mass is 10.0. The van der Waals surface area contributed by atoms with E-state index >= 15 is 0 Å². The van der Waals surface area contributed by atoms with Crippen molar-refractivity contribution in [1.82, 2.24) is 20.3 Å². The van der Waals surface area contributed by atoms with Crippen molar-refractivity contribution in [2.75, 3.05) is 18.1 Å². The Kier molecular flexibility index (Phi) is 8.73. The van der Waals surface area contributed by atoms with Crippen molar-refractivity contribution in [2.45, 2.75) is 46.7 Å². The van der Waals surface area contributed by atoms with Crippen molar-refractivity contribution < 1.29 is 14.3 Å². The lowest BCUT2D eigenvalue weighted by Gasteiger charge is -2.32. The third-order valence-electron chi connectivity index (χ3n) is 6.30. The molecule has 0 radical (unpaired) electrons. The summed E-state index contributed by atoms with van der Waals surface area (Å²) in [6.07, 6.45) is 0.838. The molecule has 1 heterocycles. The van der Waals surface area contributed by atoms with E-state index in [4.69, 9.17) is 4.74 Å². The highest BCUT2D eigenvalue weighted by molar-refractivity contribution is 6.01. The molecule has 1 N–H and O–H groups in total. The van der Waals surface area contributed by atoms with E-state index in [1.54, 1.807) is 15.6 Å². The number of fused-ring (bicyclic) bond motifs is 1. The fourth-order valence-electron chi connectivity index (χ4n) is 4.31. The van der Waals surface area contributed by atoms with Gasteiger partial charge in [0, 0.05) is 18.3 Å². The van der Waals surface area contributed by atoms with Crippen LogP contribution >= 0.6 is 0 Å². The number of anilines is 1. The molecule has 4 rings (SSSR count). The fraction of sp³-hybridized carbons (Fsp3) is 0.333. The number of para-hydroxylation sites is 1. The number of benzene rings is 3. The molecule has 1 aromatic heterocycles. The Morgan fingerprint density at radius 1 is 1.03 bits per heavy atom. The molecule has 0 unspecified atom stereocenters. The average Bonchev–Trinajstić information content (AvgIpc) is 3.30. The van der Waals surface area contributed by atoms with Gasteiger partial charge in [0.05, 0.1) is 12.1 Å². The van der Waals surface area contributed by atoms with Crippen LogP contribution in [0.1, 0.15) is 44.4 Å².